The minimum Gasteiger partial charge on any atom is -0.465 e. The van der Waals surface area contributed by atoms with Crippen molar-refractivity contribution >= 4 is 5.97 Å². The van der Waals surface area contributed by atoms with Crippen LogP contribution in [0.1, 0.15) is 41.0 Å². The summed E-state index contributed by atoms with van der Waals surface area (Å²) >= 11 is 0. The monoisotopic (exact) mass is 245 g/mol. The van der Waals surface area contributed by atoms with Gasteiger partial charge in [0.25, 0.3) is 0 Å². The topological polar surface area (TPSA) is 38.8 Å². The molecular weight excluding hydrogens is 218 g/mol. The smallest absolute Gasteiger partial charge is 0.320 e. The number of carbonyl (C=O) groups is 1. The molecule has 0 fully saturated rings. The second-order valence-electron chi connectivity index (χ2n) is 5.04. The molecule has 0 spiro atoms. The van der Waals surface area contributed by atoms with E-state index in [1.165, 1.54) is 0 Å². The van der Waals surface area contributed by atoms with E-state index in [4.69, 9.17) is 9.47 Å². The van der Waals surface area contributed by atoms with Crippen LogP contribution in [0.5, 0.6) is 0 Å². The first-order valence-corrected chi connectivity index (χ1v) is 6.41. The average molecular weight is 245 g/mol. The first-order chi connectivity index (χ1) is 7.89. The number of hydrogen-bond acceptors (Lipinski definition) is 4. The Kier molecular flexibility index (Phi) is 8.17. The standard InChI is InChI=1S/C13H27NO3/c1-6-8-14(11-12(15)16-7-2)9-10-17-13(3,4)5/h6-11H2,1-5H3. The van der Waals surface area contributed by atoms with Crippen molar-refractivity contribution in [2.24, 2.45) is 0 Å². The molecule has 102 valence electrons. The van der Waals surface area contributed by atoms with Crippen molar-refractivity contribution in [1.29, 1.82) is 0 Å². The highest BCUT2D eigenvalue weighted by Crippen LogP contribution is 2.06. The molecule has 0 aliphatic rings. The van der Waals surface area contributed by atoms with E-state index < -0.39 is 0 Å². The van der Waals surface area contributed by atoms with E-state index >= 15 is 0 Å². The summed E-state index contributed by atoms with van der Waals surface area (Å²) in [6, 6.07) is 0. The highest BCUT2D eigenvalue weighted by molar-refractivity contribution is 5.71. The fourth-order valence-corrected chi connectivity index (χ4v) is 1.46. The van der Waals surface area contributed by atoms with Gasteiger partial charge < -0.3 is 9.47 Å². The predicted octanol–water partition coefficient (Wildman–Crippen LogP) is 2.08. The summed E-state index contributed by atoms with van der Waals surface area (Å²) in [6.45, 7) is 13.1. The maximum atomic E-state index is 11.4. The Morgan fingerprint density at radius 1 is 1.18 bits per heavy atom. The zero-order valence-corrected chi connectivity index (χ0v) is 11.9. The van der Waals surface area contributed by atoms with Gasteiger partial charge in [-0.25, -0.2) is 0 Å². The van der Waals surface area contributed by atoms with E-state index in [0.717, 1.165) is 19.5 Å². The molecule has 0 aliphatic carbocycles. The van der Waals surface area contributed by atoms with Gasteiger partial charge in [0.05, 0.1) is 25.4 Å². The third kappa shape index (κ3) is 10.3. The Labute approximate surface area is 105 Å². The molecule has 0 N–H and O–H groups in total. The summed E-state index contributed by atoms with van der Waals surface area (Å²) < 4.78 is 10.6. The Morgan fingerprint density at radius 2 is 1.82 bits per heavy atom. The Morgan fingerprint density at radius 3 is 2.29 bits per heavy atom. The van der Waals surface area contributed by atoms with Crippen molar-refractivity contribution < 1.29 is 14.3 Å². The van der Waals surface area contributed by atoms with Crippen molar-refractivity contribution in [1.82, 2.24) is 4.90 Å². The number of carbonyl (C=O) groups excluding carboxylic acids is 1. The van der Waals surface area contributed by atoms with Gasteiger partial charge in [-0.15, -0.1) is 0 Å². The molecule has 0 aliphatic heterocycles. The molecule has 0 saturated heterocycles. The molecule has 17 heavy (non-hydrogen) atoms. The zero-order chi connectivity index (χ0) is 13.3. The maximum absolute atomic E-state index is 11.4. The lowest BCUT2D eigenvalue weighted by molar-refractivity contribution is -0.144. The molecule has 4 nitrogen and oxygen atoms in total. The van der Waals surface area contributed by atoms with Crippen LogP contribution in [0.3, 0.4) is 0 Å². The lowest BCUT2D eigenvalue weighted by Gasteiger charge is -2.24. The van der Waals surface area contributed by atoms with Crippen molar-refractivity contribution in [3.8, 4) is 0 Å². The minimum atomic E-state index is -0.156. The highest BCUT2D eigenvalue weighted by atomic mass is 16.5. The molecule has 0 radical (unpaired) electrons. The second-order valence-corrected chi connectivity index (χ2v) is 5.04. The lowest BCUT2D eigenvalue weighted by atomic mass is 10.2. The SMILES string of the molecule is CCCN(CCOC(C)(C)C)CC(=O)OCC. The minimum absolute atomic E-state index is 0.123. The number of nitrogens with zero attached hydrogens (tertiary/aromatic N) is 1. The van der Waals surface area contributed by atoms with Gasteiger partial charge in [0, 0.05) is 6.54 Å². The summed E-state index contributed by atoms with van der Waals surface area (Å²) in [5.74, 6) is -0.156. The zero-order valence-electron chi connectivity index (χ0n) is 11.9. The Balaban J connectivity index is 3.93. The molecular formula is C13H27NO3. The van der Waals surface area contributed by atoms with Crippen LogP contribution in [0.15, 0.2) is 0 Å². The van der Waals surface area contributed by atoms with E-state index in [9.17, 15) is 4.79 Å². The van der Waals surface area contributed by atoms with Crippen LogP contribution in [0.4, 0.5) is 0 Å². The van der Waals surface area contributed by atoms with Gasteiger partial charge in [0.2, 0.25) is 0 Å². The molecule has 0 amide bonds. The predicted molar refractivity (Wildman–Crippen MR) is 69.1 cm³/mol. The summed E-state index contributed by atoms with van der Waals surface area (Å²) in [5, 5.41) is 0. The van der Waals surface area contributed by atoms with Crippen molar-refractivity contribution in [3.05, 3.63) is 0 Å². The number of hydrogen-bond donors (Lipinski definition) is 0. The van der Waals surface area contributed by atoms with Gasteiger partial charge in [-0.3, -0.25) is 9.69 Å². The van der Waals surface area contributed by atoms with Crippen LogP contribution in [-0.4, -0.2) is 49.3 Å². The van der Waals surface area contributed by atoms with Gasteiger partial charge in [-0.2, -0.15) is 0 Å². The fraction of sp³-hybridized carbons (Fsp3) is 0.923. The van der Waals surface area contributed by atoms with Gasteiger partial charge in [0.1, 0.15) is 0 Å². The Bertz CT molecular complexity index is 211. The third-order valence-corrected chi connectivity index (χ3v) is 2.14. The normalized spacial score (nSPS) is 11.9. The molecule has 0 heterocycles. The largest absolute Gasteiger partial charge is 0.465 e. The van der Waals surface area contributed by atoms with E-state index in [1.54, 1.807) is 0 Å². The average Bonchev–Trinajstić information content (AvgIpc) is 2.16. The van der Waals surface area contributed by atoms with Crippen molar-refractivity contribution in [2.45, 2.75) is 46.6 Å². The molecule has 0 bridgehead atoms. The maximum Gasteiger partial charge on any atom is 0.320 e. The molecule has 0 rings (SSSR count). The first-order valence-electron chi connectivity index (χ1n) is 6.41. The van der Waals surface area contributed by atoms with Gasteiger partial charge in [0.15, 0.2) is 0 Å². The van der Waals surface area contributed by atoms with E-state index in [1.807, 2.05) is 27.7 Å². The summed E-state index contributed by atoms with van der Waals surface area (Å²) in [4.78, 5) is 13.5. The van der Waals surface area contributed by atoms with Crippen LogP contribution < -0.4 is 0 Å². The number of rotatable bonds is 8. The van der Waals surface area contributed by atoms with E-state index in [-0.39, 0.29) is 11.6 Å². The lowest BCUT2D eigenvalue weighted by Crippen LogP contribution is -2.36. The molecule has 0 atom stereocenters. The van der Waals surface area contributed by atoms with Crippen LogP contribution in [0.2, 0.25) is 0 Å². The quantitative estimate of drug-likeness (QED) is 0.614. The second kappa shape index (κ2) is 8.48. The molecule has 4 heteroatoms. The van der Waals surface area contributed by atoms with Crippen LogP contribution in [-0.2, 0) is 14.3 Å². The third-order valence-electron chi connectivity index (χ3n) is 2.14. The van der Waals surface area contributed by atoms with E-state index in [0.29, 0.717) is 19.8 Å². The molecule has 0 saturated carbocycles. The van der Waals surface area contributed by atoms with Crippen LogP contribution in [0, 0.1) is 0 Å². The van der Waals surface area contributed by atoms with Crippen LogP contribution >= 0.6 is 0 Å². The highest BCUT2D eigenvalue weighted by Gasteiger charge is 2.13. The number of ether oxygens (including phenoxy) is 2. The fourth-order valence-electron chi connectivity index (χ4n) is 1.46. The molecule has 0 aromatic carbocycles. The Hall–Kier alpha value is -0.610. The molecule has 0 aromatic heterocycles. The van der Waals surface area contributed by atoms with Gasteiger partial charge in [-0.1, -0.05) is 6.92 Å². The number of esters is 1. The van der Waals surface area contributed by atoms with Crippen molar-refractivity contribution in [3.63, 3.8) is 0 Å². The molecule has 0 unspecified atom stereocenters. The van der Waals surface area contributed by atoms with Crippen molar-refractivity contribution in [2.75, 3.05) is 32.8 Å². The van der Waals surface area contributed by atoms with Gasteiger partial charge in [-0.05, 0) is 40.7 Å². The molecule has 0 aromatic rings. The first kappa shape index (κ1) is 16.4. The summed E-state index contributed by atoms with van der Waals surface area (Å²) in [5.41, 5.74) is -0.123. The summed E-state index contributed by atoms with van der Waals surface area (Å²) in [6.07, 6.45) is 1.02. The van der Waals surface area contributed by atoms with Gasteiger partial charge >= 0.3 is 5.97 Å². The summed E-state index contributed by atoms with van der Waals surface area (Å²) in [7, 11) is 0. The van der Waals surface area contributed by atoms with Crippen LogP contribution in [0.25, 0.3) is 0 Å². The van der Waals surface area contributed by atoms with E-state index in [2.05, 4.69) is 11.8 Å².